The molecule has 0 aromatic carbocycles. The number of amides is 1. The smallest absolute Gasteiger partial charge is 0.244 e. The molecule has 0 aliphatic rings. The van der Waals surface area contributed by atoms with Crippen LogP contribution in [0.15, 0.2) is 30.6 Å². The standard InChI is InChI=1S/C13H18N2O2/c1-11(6-8-16)9-15-13(17)5-4-12-3-2-7-14-10-12/h2-5,7,10-11,16H,6,8-9H2,1H3,(H,15,17). The van der Waals surface area contributed by atoms with Crippen molar-refractivity contribution in [3.05, 3.63) is 36.2 Å². The van der Waals surface area contributed by atoms with E-state index in [2.05, 4.69) is 10.3 Å². The SMILES string of the molecule is CC(CCO)CNC(=O)C=Cc1cccnc1. The van der Waals surface area contributed by atoms with Gasteiger partial charge in [-0.15, -0.1) is 0 Å². The molecule has 4 nitrogen and oxygen atoms in total. The maximum Gasteiger partial charge on any atom is 0.244 e. The lowest BCUT2D eigenvalue weighted by molar-refractivity contribution is -0.116. The van der Waals surface area contributed by atoms with Crippen molar-refractivity contribution >= 4 is 12.0 Å². The minimum Gasteiger partial charge on any atom is -0.396 e. The highest BCUT2D eigenvalue weighted by Crippen LogP contribution is 1.99. The maximum atomic E-state index is 11.4. The summed E-state index contributed by atoms with van der Waals surface area (Å²) in [5, 5.41) is 11.5. The zero-order valence-corrected chi connectivity index (χ0v) is 9.97. The van der Waals surface area contributed by atoms with Gasteiger partial charge in [0.15, 0.2) is 0 Å². The van der Waals surface area contributed by atoms with E-state index in [1.54, 1.807) is 18.5 Å². The molecule has 1 atom stereocenters. The second-order valence-corrected chi connectivity index (χ2v) is 3.98. The highest BCUT2D eigenvalue weighted by atomic mass is 16.3. The Balaban J connectivity index is 2.32. The third-order valence-corrected chi connectivity index (χ3v) is 2.36. The predicted molar refractivity (Wildman–Crippen MR) is 67.1 cm³/mol. The zero-order chi connectivity index (χ0) is 12.5. The minimum absolute atomic E-state index is 0.126. The average molecular weight is 234 g/mol. The van der Waals surface area contributed by atoms with Crippen molar-refractivity contribution in [2.45, 2.75) is 13.3 Å². The van der Waals surface area contributed by atoms with Crippen molar-refractivity contribution in [1.29, 1.82) is 0 Å². The van der Waals surface area contributed by atoms with E-state index in [0.29, 0.717) is 13.0 Å². The molecule has 0 aliphatic carbocycles. The number of hydrogen-bond donors (Lipinski definition) is 2. The normalized spacial score (nSPS) is 12.6. The van der Waals surface area contributed by atoms with Gasteiger partial charge in [0.05, 0.1) is 0 Å². The number of aromatic nitrogens is 1. The third kappa shape index (κ3) is 5.82. The highest BCUT2D eigenvalue weighted by Gasteiger charge is 2.02. The fourth-order valence-corrected chi connectivity index (χ4v) is 1.30. The molecule has 92 valence electrons. The zero-order valence-electron chi connectivity index (χ0n) is 9.97. The Morgan fingerprint density at radius 2 is 2.47 bits per heavy atom. The number of nitrogens with zero attached hydrogens (tertiary/aromatic N) is 1. The van der Waals surface area contributed by atoms with Crippen LogP contribution >= 0.6 is 0 Å². The fraction of sp³-hybridized carbons (Fsp3) is 0.385. The minimum atomic E-state index is -0.126. The Morgan fingerprint density at radius 1 is 1.65 bits per heavy atom. The molecule has 1 aromatic rings. The summed E-state index contributed by atoms with van der Waals surface area (Å²) in [6.07, 6.45) is 7.29. The molecule has 17 heavy (non-hydrogen) atoms. The highest BCUT2D eigenvalue weighted by molar-refractivity contribution is 5.91. The van der Waals surface area contributed by atoms with Crippen LogP contribution in [0.4, 0.5) is 0 Å². The van der Waals surface area contributed by atoms with E-state index in [-0.39, 0.29) is 18.4 Å². The second kappa shape index (κ2) is 7.57. The Morgan fingerprint density at radius 3 is 3.12 bits per heavy atom. The number of pyridine rings is 1. The molecule has 2 N–H and O–H groups in total. The lowest BCUT2D eigenvalue weighted by Crippen LogP contribution is -2.26. The van der Waals surface area contributed by atoms with Gasteiger partial charge in [-0.1, -0.05) is 13.0 Å². The van der Waals surface area contributed by atoms with Crippen LogP contribution in [0.5, 0.6) is 0 Å². The molecule has 0 spiro atoms. The van der Waals surface area contributed by atoms with Gasteiger partial charge in [0.1, 0.15) is 0 Å². The van der Waals surface area contributed by atoms with Gasteiger partial charge in [-0.25, -0.2) is 0 Å². The van der Waals surface area contributed by atoms with Gasteiger partial charge in [0, 0.05) is 31.6 Å². The third-order valence-electron chi connectivity index (χ3n) is 2.36. The van der Waals surface area contributed by atoms with E-state index in [4.69, 9.17) is 5.11 Å². The Labute approximate surface area is 101 Å². The fourth-order valence-electron chi connectivity index (χ4n) is 1.30. The van der Waals surface area contributed by atoms with Crippen LogP contribution < -0.4 is 5.32 Å². The van der Waals surface area contributed by atoms with Crippen LogP contribution in [-0.4, -0.2) is 29.1 Å². The summed E-state index contributed by atoms with van der Waals surface area (Å²) in [6.45, 7) is 2.72. The monoisotopic (exact) mass is 234 g/mol. The molecule has 1 amide bonds. The second-order valence-electron chi connectivity index (χ2n) is 3.98. The number of carbonyl (C=O) groups excluding carboxylic acids is 1. The molecule has 0 saturated carbocycles. The van der Waals surface area contributed by atoms with Gasteiger partial charge < -0.3 is 10.4 Å². The Kier molecular flexibility index (Phi) is 5.96. The van der Waals surface area contributed by atoms with Gasteiger partial charge in [0.25, 0.3) is 0 Å². The molecule has 4 heteroatoms. The lowest BCUT2D eigenvalue weighted by Gasteiger charge is -2.09. The summed E-state index contributed by atoms with van der Waals surface area (Å²) in [5.41, 5.74) is 0.894. The van der Waals surface area contributed by atoms with Crippen LogP contribution in [0.25, 0.3) is 6.08 Å². The quantitative estimate of drug-likeness (QED) is 0.728. The molecule has 1 aromatic heterocycles. The summed E-state index contributed by atoms with van der Waals surface area (Å²) in [4.78, 5) is 15.4. The van der Waals surface area contributed by atoms with Crippen LogP contribution in [0, 0.1) is 5.92 Å². The predicted octanol–water partition coefficient (Wildman–Crippen LogP) is 1.23. The molecular formula is C13H18N2O2. The number of aliphatic hydroxyl groups excluding tert-OH is 1. The number of aliphatic hydroxyl groups is 1. The molecular weight excluding hydrogens is 216 g/mol. The van der Waals surface area contributed by atoms with Crippen LogP contribution in [0.3, 0.4) is 0 Å². The van der Waals surface area contributed by atoms with Crippen molar-refractivity contribution in [2.75, 3.05) is 13.2 Å². The van der Waals surface area contributed by atoms with Gasteiger partial charge in [-0.3, -0.25) is 9.78 Å². The molecule has 1 heterocycles. The number of rotatable bonds is 6. The average Bonchev–Trinajstić information content (AvgIpc) is 2.35. The Bertz CT molecular complexity index is 363. The molecule has 0 aliphatic heterocycles. The van der Waals surface area contributed by atoms with E-state index in [1.165, 1.54) is 6.08 Å². The lowest BCUT2D eigenvalue weighted by atomic mass is 10.1. The number of carbonyl (C=O) groups is 1. The summed E-state index contributed by atoms with van der Waals surface area (Å²) >= 11 is 0. The van der Waals surface area contributed by atoms with Crippen LogP contribution in [0.2, 0.25) is 0 Å². The van der Waals surface area contributed by atoms with Crippen LogP contribution in [0.1, 0.15) is 18.9 Å². The first-order chi connectivity index (χ1) is 8.22. The molecule has 0 saturated heterocycles. The summed E-state index contributed by atoms with van der Waals surface area (Å²) in [7, 11) is 0. The Hall–Kier alpha value is -1.68. The number of nitrogens with one attached hydrogen (secondary N) is 1. The first kappa shape index (κ1) is 13.4. The molecule has 0 bridgehead atoms. The van der Waals surface area contributed by atoms with Crippen molar-refractivity contribution in [3.63, 3.8) is 0 Å². The largest absolute Gasteiger partial charge is 0.396 e. The van der Waals surface area contributed by atoms with Crippen molar-refractivity contribution in [2.24, 2.45) is 5.92 Å². The summed E-state index contributed by atoms with van der Waals surface area (Å²) in [6, 6.07) is 3.70. The molecule has 0 fully saturated rings. The molecule has 1 unspecified atom stereocenters. The van der Waals surface area contributed by atoms with E-state index in [9.17, 15) is 4.79 Å². The maximum absolute atomic E-state index is 11.4. The molecule has 1 rings (SSSR count). The van der Waals surface area contributed by atoms with E-state index < -0.39 is 0 Å². The van der Waals surface area contributed by atoms with Gasteiger partial charge >= 0.3 is 0 Å². The van der Waals surface area contributed by atoms with Gasteiger partial charge in [-0.2, -0.15) is 0 Å². The molecule has 0 radical (unpaired) electrons. The van der Waals surface area contributed by atoms with E-state index in [1.807, 2.05) is 19.1 Å². The van der Waals surface area contributed by atoms with Crippen molar-refractivity contribution in [3.8, 4) is 0 Å². The van der Waals surface area contributed by atoms with Crippen molar-refractivity contribution in [1.82, 2.24) is 10.3 Å². The first-order valence-electron chi connectivity index (χ1n) is 5.69. The van der Waals surface area contributed by atoms with Gasteiger partial charge in [0.2, 0.25) is 5.91 Å². The summed E-state index contributed by atoms with van der Waals surface area (Å²) in [5.74, 6) is 0.161. The van der Waals surface area contributed by atoms with Gasteiger partial charge in [-0.05, 0) is 30.0 Å². The van der Waals surface area contributed by atoms with Crippen LogP contribution in [-0.2, 0) is 4.79 Å². The topological polar surface area (TPSA) is 62.2 Å². The first-order valence-corrected chi connectivity index (χ1v) is 5.69. The summed E-state index contributed by atoms with van der Waals surface area (Å²) < 4.78 is 0. The van der Waals surface area contributed by atoms with E-state index >= 15 is 0 Å². The number of hydrogen-bond acceptors (Lipinski definition) is 3. The van der Waals surface area contributed by atoms with Crippen molar-refractivity contribution < 1.29 is 9.90 Å². The van der Waals surface area contributed by atoms with E-state index in [0.717, 1.165) is 5.56 Å².